The summed E-state index contributed by atoms with van der Waals surface area (Å²) < 4.78 is 0. The Kier molecular flexibility index (Phi) is 2.54. The summed E-state index contributed by atoms with van der Waals surface area (Å²) in [6.07, 6.45) is 4.54. The SMILES string of the molecule is C[C@@H]1CC[C@H](C(=O)NC2CC2)CN1. The molecule has 2 rings (SSSR count). The van der Waals surface area contributed by atoms with Gasteiger partial charge in [-0.1, -0.05) is 0 Å². The summed E-state index contributed by atoms with van der Waals surface area (Å²) >= 11 is 0. The van der Waals surface area contributed by atoms with Crippen molar-refractivity contribution >= 4 is 5.91 Å². The lowest BCUT2D eigenvalue weighted by atomic mass is 9.95. The fourth-order valence-corrected chi connectivity index (χ4v) is 1.77. The van der Waals surface area contributed by atoms with Crippen molar-refractivity contribution in [3.8, 4) is 0 Å². The van der Waals surface area contributed by atoms with E-state index >= 15 is 0 Å². The van der Waals surface area contributed by atoms with E-state index in [0.29, 0.717) is 12.1 Å². The largest absolute Gasteiger partial charge is 0.353 e. The van der Waals surface area contributed by atoms with Gasteiger partial charge in [-0.2, -0.15) is 0 Å². The highest BCUT2D eigenvalue weighted by molar-refractivity contribution is 5.79. The molecule has 2 N–H and O–H groups in total. The third-order valence-corrected chi connectivity index (χ3v) is 2.96. The van der Waals surface area contributed by atoms with Gasteiger partial charge in [0.1, 0.15) is 0 Å². The van der Waals surface area contributed by atoms with Crippen LogP contribution < -0.4 is 10.6 Å². The number of amides is 1. The summed E-state index contributed by atoms with van der Waals surface area (Å²) in [7, 11) is 0. The molecule has 0 aromatic rings. The highest BCUT2D eigenvalue weighted by Crippen LogP contribution is 2.21. The highest BCUT2D eigenvalue weighted by Gasteiger charge is 2.29. The summed E-state index contributed by atoms with van der Waals surface area (Å²) in [5, 5.41) is 6.41. The van der Waals surface area contributed by atoms with E-state index in [1.165, 1.54) is 12.8 Å². The van der Waals surface area contributed by atoms with Crippen LogP contribution in [0.4, 0.5) is 0 Å². The summed E-state index contributed by atoms with van der Waals surface area (Å²) in [6, 6.07) is 1.09. The molecule has 2 atom stereocenters. The molecule has 74 valence electrons. The van der Waals surface area contributed by atoms with Crippen LogP contribution in [0.15, 0.2) is 0 Å². The molecule has 3 heteroatoms. The van der Waals surface area contributed by atoms with Crippen molar-refractivity contribution in [1.82, 2.24) is 10.6 Å². The molecule has 2 fully saturated rings. The fraction of sp³-hybridized carbons (Fsp3) is 0.900. The van der Waals surface area contributed by atoms with Gasteiger partial charge in [-0.05, 0) is 32.6 Å². The average Bonchev–Trinajstić information content (AvgIpc) is 2.89. The Morgan fingerprint density at radius 1 is 1.31 bits per heavy atom. The van der Waals surface area contributed by atoms with E-state index in [9.17, 15) is 4.79 Å². The Bertz CT molecular complexity index is 193. The van der Waals surface area contributed by atoms with Crippen LogP contribution in [0.1, 0.15) is 32.6 Å². The van der Waals surface area contributed by atoms with Crippen molar-refractivity contribution in [2.75, 3.05) is 6.54 Å². The fourth-order valence-electron chi connectivity index (χ4n) is 1.77. The van der Waals surface area contributed by atoms with Crippen molar-refractivity contribution in [1.29, 1.82) is 0 Å². The van der Waals surface area contributed by atoms with Crippen LogP contribution in [0, 0.1) is 5.92 Å². The molecule has 1 aliphatic carbocycles. The second-order valence-electron chi connectivity index (χ2n) is 4.37. The van der Waals surface area contributed by atoms with E-state index < -0.39 is 0 Å². The zero-order chi connectivity index (χ0) is 9.26. The quantitative estimate of drug-likeness (QED) is 0.658. The number of hydrogen-bond acceptors (Lipinski definition) is 2. The Labute approximate surface area is 79.3 Å². The van der Waals surface area contributed by atoms with Gasteiger partial charge in [0.2, 0.25) is 5.91 Å². The van der Waals surface area contributed by atoms with E-state index in [-0.39, 0.29) is 11.8 Å². The van der Waals surface area contributed by atoms with Gasteiger partial charge in [0.15, 0.2) is 0 Å². The first-order valence-corrected chi connectivity index (χ1v) is 5.29. The van der Waals surface area contributed by atoms with Gasteiger partial charge in [0.05, 0.1) is 5.92 Å². The van der Waals surface area contributed by atoms with E-state index in [4.69, 9.17) is 0 Å². The number of carbonyl (C=O) groups excluding carboxylic acids is 1. The maximum atomic E-state index is 11.6. The first-order chi connectivity index (χ1) is 6.25. The molecule has 1 saturated carbocycles. The molecule has 3 nitrogen and oxygen atoms in total. The van der Waals surface area contributed by atoms with Crippen molar-refractivity contribution in [2.24, 2.45) is 5.92 Å². The van der Waals surface area contributed by atoms with Crippen LogP contribution in [0.5, 0.6) is 0 Å². The van der Waals surface area contributed by atoms with Crippen LogP contribution >= 0.6 is 0 Å². The summed E-state index contributed by atoms with van der Waals surface area (Å²) in [6.45, 7) is 3.04. The lowest BCUT2D eigenvalue weighted by molar-refractivity contribution is -0.125. The van der Waals surface area contributed by atoms with Gasteiger partial charge in [0.25, 0.3) is 0 Å². The second kappa shape index (κ2) is 3.66. The predicted octanol–water partition coefficient (Wildman–Crippen LogP) is 0.653. The third-order valence-electron chi connectivity index (χ3n) is 2.96. The van der Waals surface area contributed by atoms with Crippen LogP contribution in [0.25, 0.3) is 0 Å². The van der Waals surface area contributed by atoms with E-state index in [0.717, 1.165) is 19.4 Å². The monoisotopic (exact) mass is 182 g/mol. The Morgan fingerprint density at radius 2 is 2.08 bits per heavy atom. The van der Waals surface area contributed by atoms with Crippen molar-refractivity contribution in [3.63, 3.8) is 0 Å². The minimum absolute atomic E-state index is 0.219. The molecule has 1 heterocycles. The lowest BCUT2D eigenvalue weighted by Crippen LogP contribution is -2.44. The number of nitrogens with one attached hydrogen (secondary N) is 2. The molecular formula is C10H18N2O. The maximum absolute atomic E-state index is 11.6. The van der Waals surface area contributed by atoms with Crippen molar-refractivity contribution in [3.05, 3.63) is 0 Å². The van der Waals surface area contributed by atoms with Crippen LogP contribution in [-0.4, -0.2) is 24.5 Å². The Morgan fingerprint density at radius 3 is 2.62 bits per heavy atom. The molecule has 0 radical (unpaired) electrons. The molecule has 0 bridgehead atoms. The first-order valence-electron chi connectivity index (χ1n) is 5.29. The number of rotatable bonds is 2. The van der Waals surface area contributed by atoms with Crippen LogP contribution in [0.2, 0.25) is 0 Å². The average molecular weight is 182 g/mol. The molecule has 1 amide bonds. The van der Waals surface area contributed by atoms with Crippen molar-refractivity contribution in [2.45, 2.75) is 44.7 Å². The normalized spacial score (nSPS) is 34.2. The molecular weight excluding hydrogens is 164 g/mol. The Balaban J connectivity index is 1.75. The number of hydrogen-bond donors (Lipinski definition) is 2. The van der Waals surface area contributed by atoms with Gasteiger partial charge < -0.3 is 10.6 Å². The number of piperidine rings is 1. The zero-order valence-corrected chi connectivity index (χ0v) is 8.18. The predicted molar refractivity (Wildman–Crippen MR) is 51.4 cm³/mol. The second-order valence-corrected chi connectivity index (χ2v) is 4.37. The van der Waals surface area contributed by atoms with Crippen LogP contribution in [0.3, 0.4) is 0 Å². The Hall–Kier alpha value is -0.570. The molecule has 0 aromatic heterocycles. The minimum atomic E-state index is 0.219. The molecule has 0 aromatic carbocycles. The number of carbonyl (C=O) groups is 1. The summed E-state index contributed by atoms with van der Waals surface area (Å²) in [4.78, 5) is 11.6. The van der Waals surface area contributed by atoms with E-state index in [1.807, 2.05) is 0 Å². The van der Waals surface area contributed by atoms with Crippen LogP contribution in [-0.2, 0) is 4.79 Å². The van der Waals surface area contributed by atoms with Gasteiger partial charge in [0, 0.05) is 18.6 Å². The molecule has 2 aliphatic rings. The molecule has 1 aliphatic heterocycles. The minimum Gasteiger partial charge on any atom is -0.353 e. The zero-order valence-electron chi connectivity index (χ0n) is 8.18. The molecule has 13 heavy (non-hydrogen) atoms. The maximum Gasteiger partial charge on any atom is 0.224 e. The highest BCUT2D eigenvalue weighted by atomic mass is 16.2. The summed E-state index contributed by atoms with van der Waals surface area (Å²) in [5.74, 6) is 0.485. The van der Waals surface area contributed by atoms with Gasteiger partial charge >= 0.3 is 0 Å². The van der Waals surface area contributed by atoms with Gasteiger partial charge in [-0.15, -0.1) is 0 Å². The first kappa shape index (κ1) is 9.00. The molecule has 1 saturated heterocycles. The topological polar surface area (TPSA) is 41.1 Å². The van der Waals surface area contributed by atoms with E-state index in [1.54, 1.807) is 0 Å². The standard InChI is InChI=1S/C10H18N2O/c1-7-2-3-8(6-11-7)10(13)12-9-4-5-9/h7-9,11H,2-6H2,1H3,(H,12,13)/t7-,8+/m1/s1. The van der Waals surface area contributed by atoms with Gasteiger partial charge in [-0.3, -0.25) is 4.79 Å². The van der Waals surface area contributed by atoms with E-state index in [2.05, 4.69) is 17.6 Å². The molecule has 0 spiro atoms. The third kappa shape index (κ3) is 2.44. The molecule has 0 unspecified atom stereocenters. The van der Waals surface area contributed by atoms with Gasteiger partial charge in [-0.25, -0.2) is 0 Å². The van der Waals surface area contributed by atoms with Crippen molar-refractivity contribution < 1.29 is 4.79 Å². The summed E-state index contributed by atoms with van der Waals surface area (Å²) in [5.41, 5.74) is 0. The smallest absolute Gasteiger partial charge is 0.224 e. The lowest BCUT2D eigenvalue weighted by Gasteiger charge is -2.26.